The van der Waals surface area contributed by atoms with Crippen LogP contribution < -0.4 is 0 Å². The third-order valence-corrected chi connectivity index (χ3v) is 14.2. The maximum Gasteiger partial charge on any atom is 0.0700 e. The Morgan fingerprint density at radius 1 is 0.482 bits per heavy atom. The molecule has 3 heterocycles. The van der Waals surface area contributed by atoms with Crippen molar-refractivity contribution in [1.82, 2.24) is 0 Å². The maximum absolute atomic E-state index is 5.52. The summed E-state index contributed by atoms with van der Waals surface area (Å²) in [7, 11) is 0. The predicted molar refractivity (Wildman–Crippen MR) is 246 cm³/mol. The van der Waals surface area contributed by atoms with Crippen LogP contribution in [0.5, 0.6) is 0 Å². The molecule has 3 heteroatoms. The molecule has 7 aromatic carbocycles. The molecule has 2 aromatic heterocycles. The van der Waals surface area contributed by atoms with E-state index in [0.717, 1.165) is 23.4 Å². The van der Waals surface area contributed by atoms with Gasteiger partial charge in [-0.05, 0) is 58.9 Å². The van der Waals surface area contributed by atoms with Crippen molar-refractivity contribution in [1.29, 1.82) is 0 Å². The lowest BCUT2D eigenvalue weighted by Gasteiger charge is -2.20. The zero-order valence-electron chi connectivity index (χ0n) is 31.8. The average Bonchev–Trinajstić information content (AvgIpc) is 3.84. The summed E-state index contributed by atoms with van der Waals surface area (Å²) in [5, 5.41) is 5.32. The van der Waals surface area contributed by atoms with E-state index >= 15 is 0 Å². The molecule has 2 atom stereocenters. The number of nitrogens with zero attached hydrogens (tertiary/aromatic N) is 1. The van der Waals surface area contributed by atoms with Gasteiger partial charge in [-0.3, -0.25) is 4.99 Å². The number of aliphatic imine (C=N–C) groups is 1. The van der Waals surface area contributed by atoms with Gasteiger partial charge in [0, 0.05) is 68.9 Å². The molecule has 1 aliphatic rings. The number of benzene rings is 7. The molecule has 0 radical (unpaired) electrons. The van der Waals surface area contributed by atoms with Gasteiger partial charge < -0.3 is 0 Å². The minimum atomic E-state index is 0.172. The van der Waals surface area contributed by atoms with Crippen molar-refractivity contribution in [3.05, 3.63) is 192 Å². The molecule has 0 unspecified atom stereocenters. The van der Waals surface area contributed by atoms with Crippen LogP contribution in [0.15, 0.2) is 180 Å². The van der Waals surface area contributed by atoms with Gasteiger partial charge in [0.1, 0.15) is 0 Å². The number of thiophene rings is 2. The summed E-state index contributed by atoms with van der Waals surface area (Å²) in [5.74, 6) is 0.415. The Morgan fingerprint density at radius 3 is 1.71 bits per heavy atom. The van der Waals surface area contributed by atoms with Crippen molar-refractivity contribution in [3.8, 4) is 22.3 Å². The lowest BCUT2D eigenvalue weighted by Crippen LogP contribution is -2.12. The lowest BCUT2D eigenvalue weighted by molar-refractivity contribution is 0.787. The van der Waals surface area contributed by atoms with E-state index in [9.17, 15) is 0 Å². The highest BCUT2D eigenvalue weighted by Gasteiger charge is 2.24. The van der Waals surface area contributed by atoms with Crippen LogP contribution in [0.2, 0.25) is 0 Å². The Kier molecular flexibility index (Phi) is 8.85. The molecule has 0 bridgehead atoms. The van der Waals surface area contributed by atoms with Gasteiger partial charge in [0.2, 0.25) is 0 Å². The first-order valence-electron chi connectivity index (χ1n) is 19.6. The van der Waals surface area contributed by atoms with Gasteiger partial charge >= 0.3 is 0 Å². The van der Waals surface area contributed by atoms with E-state index in [1.54, 1.807) is 0 Å². The van der Waals surface area contributed by atoms with Crippen molar-refractivity contribution in [3.63, 3.8) is 0 Å². The van der Waals surface area contributed by atoms with Gasteiger partial charge in [-0.25, -0.2) is 0 Å². The van der Waals surface area contributed by atoms with E-state index < -0.39 is 0 Å². The smallest absolute Gasteiger partial charge is 0.0700 e. The Hall–Kier alpha value is -5.87. The van der Waals surface area contributed by atoms with Gasteiger partial charge in [0.05, 0.1) is 11.4 Å². The second kappa shape index (κ2) is 14.3. The Balaban J connectivity index is 1.10. The largest absolute Gasteiger partial charge is 0.252 e. The summed E-state index contributed by atoms with van der Waals surface area (Å²) in [6.45, 7) is 6.96. The summed E-state index contributed by atoms with van der Waals surface area (Å²) in [5.41, 5.74) is 13.6. The molecule has 1 nitrogen and oxygen atoms in total. The number of rotatable bonds is 5. The first kappa shape index (κ1) is 34.6. The fraction of sp³-hybridized carbons (Fsp3) is 0.113. The van der Waals surface area contributed by atoms with Crippen molar-refractivity contribution in [2.45, 2.75) is 27.2 Å². The van der Waals surface area contributed by atoms with Crippen molar-refractivity contribution >= 4 is 80.0 Å². The topological polar surface area (TPSA) is 12.4 Å². The first-order chi connectivity index (χ1) is 27.5. The molecule has 0 spiro atoms. The SMILES string of the molecule is C/C1=C(/c2ccccc2)N=C(c2ccccc2)[C@H](C)C/C=C(\c2cccc(-c3cccc4c3sc3c(-c5cccc6c5sc5ccccc56)cccc34)c2)[C@@H]1C. The first-order valence-corrected chi connectivity index (χ1v) is 21.2. The summed E-state index contributed by atoms with van der Waals surface area (Å²) in [4.78, 5) is 5.52. The molecular formula is C53H41NS2. The molecule has 56 heavy (non-hydrogen) atoms. The van der Waals surface area contributed by atoms with Crippen molar-refractivity contribution in [2.24, 2.45) is 16.8 Å². The van der Waals surface area contributed by atoms with Crippen LogP contribution in [0.3, 0.4) is 0 Å². The fourth-order valence-corrected chi connectivity index (χ4v) is 11.2. The predicted octanol–water partition coefficient (Wildman–Crippen LogP) is 15.7. The number of hydrogen-bond donors (Lipinski definition) is 0. The minimum Gasteiger partial charge on any atom is -0.252 e. The van der Waals surface area contributed by atoms with E-state index in [0.29, 0.717) is 0 Å². The van der Waals surface area contributed by atoms with Crippen LogP contribution in [0.25, 0.3) is 73.9 Å². The van der Waals surface area contributed by atoms with Crippen LogP contribution in [-0.4, -0.2) is 5.71 Å². The normalized spacial score (nSPS) is 18.8. The minimum absolute atomic E-state index is 0.172. The van der Waals surface area contributed by atoms with Crippen LogP contribution >= 0.6 is 22.7 Å². The number of fused-ring (bicyclic) bond motifs is 6. The van der Waals surface area contributed by atoms with E-state index in [4.69, 9.17) is 4.99 Å². The van der Waals surface area contributed by atoms with Gasteiger partial charge in [-0.2, -0.15) is 0 Å². The number of allylic oxidation sites excluding steroid dienone is 3. The molecule has 0 aliphatic carbocycles. The summed E-state index contributed by atoms with van der Waals surface area (Å²) >= 11 is 3.84. The summed E-state index contributed by atoms with van der Waals surface area (Å²) < 4.78 is 5.38. The molecular weight excluding hydrogens is 715 g/mol. The highest BCUT2D eigenvalue weighted by atomic mass is 32.1. The Bertz CT molecular complexity index is 3030. The molecule has 0 fully saturated rings. The van der Waals surface area contributed by atoms with Gasteiger partial charge in [0.25, 0.3) is 0 Å². The van der Waals surface area contributed by atoms with Crippen molar-refractivity contribution < 1.29 is 0 Å². The van der Waals surface area contributed by atoms with Crippen LogP contribution in [0.4, 0.5) is 0 Å². The third kappa shape index (κ3) is 5.94. The van der Waals surface area contributed by atoms with Crippen LogP contribution in [-0.2, 0) is 0 Å². The summed E-state index contributed by atoms with van der Waals surface area (Å²) in [6, 6.07) is 60.0. The van der Waals surface area contributed by atoms with E-state index in [1.807, 2.05) is 22.7 Å². The molecule has 0 amide bonds. The standard InChI is InChI=1S/C53H41NS2/c1-33-30-31-40(34(2)35(3)50(37-18-8-5-9-19-37)54-49(33)36-16-6-4-7-17-36)38-20-12-21-39(32-38)41-23-13-25-44-46-27-15-28-47(53(46)56-51(41)44)45-26-14-24-43-42-22-10-11-29-48(42)55-52(43)45/h4-29,31-34H,30H2,1-3H3/b40-31-,50-35+,54-49?/t33-,34-/m1/s1. The van der Waals surface area contributed by atoms with E-state index in [1.165, 1.54) is 84.9 Å². The molecule has 270 valence electrons. The molecule has 10 rings (SSSR count). The lowest BCUT2D eigenvalue weighted by atomic mass is 9.84. The Labute approximate surface area is 336 Å². The van der Waals surface area contributed by atoms with Crippen molar-refractivity contribution in [2.75, 3.05) is 0 Å². The highest BCUT2D eigenvalue weighted by molar-refractivity contribution is 7.27. The highest BCUT2D eigenvalue weighted by Crippen LogP contribution is 2.47. The monoisotopic (exact) mass is 755 g/mol. The molecule has 9 aromatic rings. The average molecular weight is 756 g/mol. The van der Waals surface area contributed by atoms with Gasteiger partial charge in [-0.1, -0.05) is 172 Å². The molecule has 0 saturated carbocycles. The molecule has 0 N–H and O–H groups in total. The van der Waals surface area contributed by atoms with Gasteiger partial charge in [0.15, 0.2) is 0 Å². The molecule has 0 saturated heterocycles. The zero-order chi connectivity index (χ0) is 37.8. The van der Waals surface area contributed by atoms with E-state index in [-0.39, 0.29) is 11.8 Å². The van der Waals surface area contributed by atoms with Crippen LogP contribution in [0.1, 0.15) is 43.9 Å². The van der Waals surface area contributed by atoms with Gasteiger partial charge in [-0.15, -0.1) is 22.7 Å². The van der Waals surface area contributed by atoms with Crippen LogP contribution in [0, 0.1) is 11.8 Å². The zero-order valence-corrected chi connectivity index (χ0v) is 33.4. The quantitative estimate of drug-likeness (QED) is 0.166. The fourth-order valence-electron chi connectivity index (χ4n) is 8.65. The Morgan fingerprint density at radius 2 is 1.00 bits per heavy atom. The molecule has 1 aliphatic heterocycles. The second-order valence-corrected chi connectivity index (χ2v) is 17.2. The van der Waals surface area contributed by atoms with E-state index in [2.05, 4.69) is 191 Å². The summed E-state index contributed by atoms with van der Waals surface area (Å²) in [6.07, 6.45) is 3.40. The second-order valence-electron chi connectivity index (χ2n) is 15.1. The maximum atomic E-state index is 5.52. The third-order valence-electron chi connectivity index (χ3n) is 11.7. The number of hydrogen-bond acceptors (Lipinski definition) is 3.